The van der Waals surface area contributed by atoms with Gasteiger partial charge in [-0.1, -0.05) is 15.9 Å². The predicted octanol–water partition coefficient (Wildman–Crippen LogP) is 3.81. The summed E-state index contributed by atoms with van der Waals surface area (Å²) in [6, 6.07) is 14.5. The lowest BCUT2D eigenvalue weighted by atomic mass is 10.3. The van der Waals surface area contributed by atoms with Crippen molar-refractivity contribution in [3.8, 4) is 17.2 Å². The van der Waals surface area contributed by atoms with Gasteiger partial charge in [0, 0.05) is 4.47 Å². The van der Waals surface area contributed by atoms with Crippen molar-refractivity contribution >= 4 is 21.8 Å². The second kappa shape index (κ2) is 9.32. The van der Waals surface area contributed by atoms with Crippen molar-refractivity contribution in [2.24, 2.45) is 0 Å². The summed E-state index contributed by atoms with van der Waals surface area (Å²) in [6.07, 6.45) is -0.593. The molecule has 0 aliphatic heterocycles. The van der Waals surface area contributed by atoms with Crippen molar-refractivity contribution < 1.29 is 19.0 Å². The maximum Gasteiger partial charge on any atom is 0.261 e. The number of amides is 1. The Morgan fingerprint density at radius 3 is 2.16 bits per heavy atom. The van der Waals surface area contributed by atoms with Crippen molar-refractivity contribution in [2.45, 2.75) is 26.0 Å². The van der Waals surface area contributed by atoms with Gasteiger partial charge < -0.3 is 19.5 Å². The van der Waals surface area contributed by atoms with E-state index in [4.69, 9.17) is 14.2 Å². The highest BCUT2D eigenvalue weighted by Gasteiger charge is 2.17. The standard InChI is InChI=1S/C19H22BrNO4/c1-13(12-24-17-10-8-16(23-3)9-11-17)21-19(22)14(2)25-18-6-4-15(20)5-7-18/h4-11,13-14H,12H2,1-3H3,(H,21,22)/t13-,14-/m1/s1. The molecule has 6 heteroatoms. The molecule has 5 nitrogen and oxygen atoms in total. The van der Waals surface area contributed by atoms with Crippen molar-refractivity contribution in [2.75, 3.05) is 13.7 Å². The average Bonchev–Trinajstić information content (AvgIpc) is 2.62. The fourth-order valence-electron chi connectivity index (χ4n) is 2.07. The molecule has 0 unspecified atom stereocenters. The first kappa shape index (κ1) is 19.1. The zero-order valence-corrected chi connectivity index (χ0v) is 16.1. The van der Waals surface area contributed by atoms with Gasteiger partial charge in [0.05, 0.1) is 13.2 Å². The molecule has 2 aromatic rings. The van der Waals surface area contributed by atoms with Crippen LogP contribution in [0.1, 0.15) is 13.8 Å². The van der Waals surface area contributed by atoms with E-state index < -0.39 is 6.10 Å². The van der Waals surface area contributed by atoms with E-state index in [2.05, 4.69) is 21.2 Å². The number of hydrogen-bond donors (Lipinski definition) is 1. The van der Waals surface area contributed by atoms with E-state index >= 15 is 0 Å². The van der Waals surface area contributed by atoms with Crippen LogP contribution in [0.25, 0.3) is 0 Å². The van der Waals surface area contributed by atoms with E-state index in [0.29, 0.717) is 12.4 Å². The molecule has 0 spiro atoms. The summed E-state index contributed by atoms with van der Waals surface area (Å²) in [5.41, 5.74) is 0. The summed E-state index contributed by atoms with van der Waals surface area (Å²) in [6.45, 7) is 3.96. The maximum absolute atomic E-state index is 12.2. The maximum atomic E-state index is 12.2. The van der Waals surface area contributed by atoms with E-state index in [1.807, 2.05) is 55.5 Å². The van der Waals surface area contributed by atoms with Gasteiger partial charge in [0.15, 0.2) is 6.10 Å². The lowest BCUT2D eigenvalue weighted by Crippen LogP contribution is -2.43. The number of methoxy groups -OCH3 is 1. The SMILES string of the molecule is COc1ccc(OC[C@@H](C)NC(=O)[C@@H](C)Oc2ccc(Br)cc2)cc1. The third-order valence-electron chi connectivity index (χ3n) is 3.44. The molecule has 0 bridgehead atoms. The lowest BCUT2D eigenvalue weighted by Gasteiger charge is -2.19. The number of nitrogens with one attached hydrogen (secondary N) is 1. The molecule has 0 radical (unpaired) electrons. The van der Waals surface area contributed by atoms with E-state index in [0.717, 1.165) is 16.0 Å². The first-order valence-corrected chi connectivity index (χ1v) is 8.76. The first-order chi connectivity index (χ1) is 12.0. The summed E-state index contributed by atoms with van der Waals surface area (Å²) >= 11 is 3.36. The third-order valence-corrected chi connectivity index (χ3v) is 3.97. The Bertz CT molecular complexity index is 673. The van der Waals surface area contributed by atoms with Gasteiger partial charge in [-0.25, -0.2) is 0 Å². The first-order valence-electron chi connectivity index (χ1n) is 7.97. The number of halogens is 1. The molecule has 2 atom stereocenters. The smallest absolute Gasteiger partial charge is 0.261 e. The van der Waals surface area contributed by atoms with Crippen molar-refractivity contribution in [3.63, 3.8) is 0 Å². The number of hydrogen-bond acceptors (Lipinski definition) is 4. The normalized spacial score (nSPS) is 12.8. The third kappa shape index (κ3) is 6.31. The molecule has 1 N–H and O–H groups in total. The Labute approximate surface area is 156 Å². The van der Waals surface area contributed by atoms with Gasteiger partial charge in [-0.05, 0) is 62.4 Å². The van der Waals surface area contributed by atoms with Crippen LogP contribution in [0.15, 0.2) is 53.0 Å². The highest BCUT2D eigenvalue weighted by molar-refractivity contribution is 9.10. The summed E-state index contributed by atoms with van der Waals surface area (Å²) < 4.78 is 17.4. The minimum absolute atomic E-state index is 0.148. The van der Waals surface area contributed by atoms with Gasteiger partial charge in [-0.3, -0.25) is 4.79 Å². The molecule has 134 valence electrons. The zero-order valence-electron chi connectivity index (χ0n) is 14.5. The second-order valence-corrected chi connectivity index (χ2v) is 6.53. The molecule has 1 amide bonds. The summed E-state index contributed by atoms with van der Waals surface area (Å²) in [7, 11) is 1.62. The Morgan fingerprint density at radius 2 is 1.56 bits per heavy atom. The van der Waals surface area contributed by atoms with Gasteiger partial charge in [0.25, 0.3) is 5.91 Å². The van der Waals surface area contributed by atoms with Crippen LogP contribution in [0.3, 0.4) is 0 Å². The van der Waals surface area contributed by atoms with Crippen molar-refractivity contribution in [1.29, 1.82) is 0 Å². The van der Waals surface area contributed by atoms with Gasteiger partial charge >= 0.3 is 0 Å². The fourth-order valence-corrected chi connectivity index (χ4v) is 2.33. The quantitative estimate of drug-likeness (QED) is 0.722. The van der Waals surface area contributed by atoms with Crippen LogP contribution < -0.4 is 19.5 Å². The Hall–Kier alpha value is -2.21. The Kier molecular flexibility index (Phi) is 7.13. The van der Waals surface area contributed by atoms with Crippen LogP contribution in [0.5, 0.6) is 17.2 Å². The number of benzene rings is 2. The van der Waals surface area contributed by atoms with Crippen LogP contribution in [-0.4, -0.2) is 31.8 Å². The molecule has 25 heavy (non-hydrogen) atoms. The highest BCUT2D eigenvalue weighted by Crippen LogP contribution is 2.18. The minimum atomic E-state index is -0.593. The molecular weight excluding hydrogens is 386 g/mol. The molecule has 0 aliphatic rings. The van der Waals surface area contributed by atoms with E-state index in [-0.39, 0.29) is 11.9 Å². The molecule has 0 fully saturated rings. The van der Waals surface area contributed by atoms with Crippen molar-refractivity contribution in [3.05, 3.63) is 53.0 Å². The van der Waals surface area contributed by atoms with Crippen LogP contribution in [0, 0.1) is 0 Å². The average molecular weight is 408 g/mol. The zero-order chi connectivity index (χ0) is 18.2. The van der Waals surface area contributed by atoms with Crippen LogP contribution in [-0.2, 0) is 4.79 Å². The monoisotopic (exact) mass is 407 g/mol. The largest absolute Gasteiger partial charge is 0.497 e. The summed E-state index contributed by atoms with van der Waals surface area (Å²) in [4.78, 5) is 12.2. The van der Waals surface area contributed by atoms with E-state index in [9.17, 15) is 4.79 Å². The number of carbonyl (C=O) groups is 1. The van der Waals surface area contributed by atoms with E-state index in [1.165, 1.54) is 0 Å². The Morgan fingerprint density at radius 1 is 1.00 bits per heavy atom. The molecule has 2 aromatic carbocycles. The summed E-state index contributed by atoms with van der Waals surface area (Å²) in [5.74, 6) is 1.95. The molecule has 0 heterocycles. The number of ether oxygens (including phenoxy) is 3. The molecule has 0 saturated heterocycles. The molecular formula is C19H22BrNO4. The van der Waals surface area contributed by atoms with Crippen molar-refractivity contribution in [1.82, 2.24) is 5.32 Å². The van der Waals surface area contributed by atoms with Crippen LogP contribution in [0.4, 0.5) is 0 Å². The fraction of sp³-hybridized carbons (Fsp3) is 0.316. The highest BCUT2D eigenvalue weighted by atomic mass is 79.9. The number of carbonyl (C=O) groups excluding carboxylic acids is 1. The van der Waals surface area contributed by atoms with Crippen LogP contribution in [0.2, 0.25) is 0 Å². The minimum Gasteiger partial charge on any atom is -0.497 e. The Balaban J connectivity index is 1.77. The second-order valence-electron chi connectivity index (χ2n) is 5.61. The summed E-state index contributed by atoms with van der Waals surface area (Å²) in [5, 5.41) is 2.88. The molecule has 0 saturated carbocycles. The predicted molar refractivity (Wildman–Crippen MR) is 100 cm³/mol. The number of rotatable bonds is 8. The van der Waals surface area contributed by atoms with Gasteiger partial charge in [-0.15, -0.1) is 0 Å². The van der Waals surface area contributed by atoms with E-state index in [1.54, 1.807) is 14.0 Å². The lowest BCUT2D eigenvalue weighted by molar-refractivity contribution is -0.128. The van der Waals surface area contributed by atoms with Gasteiger partial charge in [-0.2, -0.15) is 0 Å². The molecule has 2 rings (SSSR count). The van der Waals surface area contributed by atoms with Gasteiger partial charge in [0.2, 0.25) is 0 Å². The topological polar surface area (TPSA) is 56.8 Å². The molecule has 0 aliphatic carbocycles. The molecule has 0 aromatic heterocycles. The van der Waals surface area contributed by atoms with Gasteiger partial charge in [0.1, 0.15) is 23.9 Å². The van der Waals surface area contributed by atoms with Crippen LogP contribution >= 0.6 is 15.9 Å².